The molecule has 122 valence electrons. The summed E-state index contributed by atoms with van der Waals surface area (Å²) in [6, 6.07) is 1.92. The monoisotopic (exact) mass is 323 g/mol. The molecule has 1 saturated carbocycles. The molecule has 2 aliphatic rings. The van der Waals surface area contributed by atoms with E-state index in [1.807, 2.05) is 10.7 Å². The van der Waals surface area contributed by atoms with Crippen molar-refractivity contribution >= 4 is 17.7 Å². The van der Waals surface area contributed by atoms with Gasteiger partial charge in [0.15, 0.2) is 0 Å². The van der Waals surface area contributed by atoms with Crippen molar-refractivity contribution < 1.29 is 9.90 Å². The average molecular weight is 323 g/mol. The fourth-order valence-corrected chi connectivity index (χ4v) is 4.08. The Morgan fingerprint density at radius 2 is 2.27 bits per heavy atom. The van der Waals surface area contributed by atoms with Crippen LogP contribution in [-0.4, -0.2) is 44.4 Å². The van der Waals surface area contributed by atoms with Gasteiger partial charge >= 0.3 is 0 Å². The van der Waals surface area contributed by atoms with E-state index in [1.165, 1.54) is 12.8 Å². The van der Waals surface area contributed by atoms with E-state index in [2.05, 4.69) is 31.2 Å². The zero-order chi connectivity index (χ0) is 16.0. The Hall–Kier alpha value is -1.01. The maximum absolute atomic E-state index is 12.4. The molecule has 1 aromatic heterocycles. The van der Waals surface area contributed by atoms with E-state index in [4.69, 9.17) is 0 Å². The molecule has 1 atom stereocenters. The molecule has 0 spiro atoms. The first kappa shape index (κ1) is 15.9. The molecule has 1 aliphatic carbocycles. The van der Waals surface area contributed by atoms with Gasteiger partial charge in [0.25, 0.3) is 5.91 Å². The second-order valence-corrected chi connectivity index (χ2v) is 8.63. The summed E-state index contributed by atoms with van der Waals surface area (Å²) in [5, 5.41) is 17.7. The van der Waals surface area contributed by atoms with Crippen molar-refractivity contribution in [1.82, 2.24) is 15.1 Å². The molecule has 1 aliphatic heterocycles. The van der Waals surface area contributed by atoms with Crippen LogP contribution in [0.15, 0.2) is 6.07 Å². The first-order valence-electron chi connectivity index (χ1n) is 7.97. The summed E-state index contributed by atoms with van der Waals surface area (Å²) in [6.45, 7) is 6.62. The quantitative estimate of drug-likeness (QED) is 0.890. The van der Waals surface area contributed by atoms with Crippen LogP contribution in [0.1, 0.15) is 62.1 Å². The third kappa shape index (κ3) is 3.33. The number of hydrogen-bond acceptors (Lipinski definition) is 4. The Bertz CT molecular complexity index is 566. The van der Waals surface area contributed by atoms with Crippen molar-refractivity contribution in [3.8, 4) is 0 Å². The van der Waals surface area contributed by atoms with Crippen molar-refractivity contribution in [2.45, 2.75) is 57.1 Å². The largest absolute Gasteiger partial charge is 0.387 e. The van der Waals surface area contributed by atoms with Gasteiger partial charge in [-0.3, -0.25) is 9.48 Å². The van der Waals surface area contributed by atoms with Crippen molar-refractivity contribution in [2.24, 2.45) is 0 Å². The number of thioether (sulfide) groups is 1. The van der Waals surface area contributed by atoms with Gasteiger partial charge in [0.05, 0.1) is 11.1 Å². The summed E-state index contributed by atoms with van der Waals surface area (Å²) in [5.74, 6) is 2.01. The maximum atomic E-state index is 12.4. The highest BCUT2D eigenvalue weighted by atomic mass is 32.2. The van der Waals surface area contributed by atoms with Crippen LogP contribution >= 0.6 is 11.8 Å². The summed E-state index contributed by atoms with van der Waals surface area (Å²) < 4.78 is 1.99. The zero-order valence-corrected chi connectivity index (χ0v) is 14.4. The van der Waals surface area contributed by atoms with Crippen molar-refractivity contribution in [3.63, 3.8) is 0 Å². The van der Waals surface area contributed by atoms with Crippen LogP contribution in [0, 0.1) is 0 Å². The lowest BCUT2D eigenvalue weighted by atomic mass is 10.0. The normalized spacial score (nSPS) is 25.5. The highest BCUT2D eigenvalue weighted by Crippen LogP contribution is 2.41. The number of aliphatic hydroxyl groups is 1. The third-order valence-electron chi connectivity index (χ3n) is 4.26. The number of carbonyl (C=O) groups excluding carboxylic acids is 1. The summed E-state index contributed by atoms with van der Waals surface area (Å²) in [7, 11) is 0. The lowest BCUT2D eigenvalue weighted by Gasteiger charge is -2.22. The SMILES string of the molecule is CC(C)(C)n1nc(C(=O)NCC2(O)CCSC2)cc1C1CC1. The minimum absolute atomic E-state index is 0.128. The van der Waals surface area contributed by atoms with E-state index in [1.54, 1.807) is 11.8 Å². The molecule has 1 unspecified atom stereocenters. The Morgan fingerprint density at radius 3 is 2.82 bits per heavy atom. The van der Waals surface area contributed by atoms with E-state index in [0.29, 0.717) is 23.9 Å². The fraction of sp³-hybridized carbons (Fsp3) is 0.750. The average Bonchev–Trinajstić information content (AvgIpc) is 3.02. The Balaban J connectivity index is 1.72. The van der Waals surface area contributed by atoms with Gasteiger partial charge in [-0.2, -0.15) is 16.9 Å². The molecule has 0 radical (unpaired) electrons. The summed E-state index contributed by atoms with van der Waals surface area (Å²) in [6.07, 6.45) is 3.10. The molecule has 5 nitrogen and oxygen atoms in total. The lowest BCUT2D eigenvalue weighted by Crippen LogP contribution is -2.43. The Morgan fingerprint density at radius 1 is 1.55 bits per heavy atom. The first-order valence-corrected chi connectivity index (χ1v) is 9.13. The van der Waals surface area contributed by atoms with Gasteiger partial charge in [0.2, 0.25) is 0 Å². The van der Waals surface area contributed by atoms with Crippen LogP contribution in [0.3, 0.4) is 0 Å². The molecule has 1 aromatic rings. The predicted molar refractivity (Wildman–Crippen MR) is 88.4 cm³/mol. The number of rotatable bonds is 4. The summed E-state index contributed by atoms with van der Waals surface area (Å²) >= 11 is 1.73. The van der Waals surface area contributed by atoms with Crippen LogP contribution in [-0.2, 0) is 5.54 Å². The second kappa shape index (κ2) is 5.57. The van der Waals surface area contributed by atoms with Gasteiger partial charge in [-0.25, -0.2) is 0 Å². The van der Waals surface area contributed by atoms with Crippen LogP contribution in [0.4, 0.5) is 0 Å². The molecule has 2 fully saturated rings. The number of amides is 1. The van der Waals surface area contributed by atoms with E-state index in [0.717, 1.165) is 17.9 Å². The molecule has 2 heterocycles. The zero-order valence-electron chi connectivity index (χ0n) is 13.6. The van der Waals surface area contributed by atoms with Gasteiger partial charge in [-0.15, -0.1) is 0 Å². The van der Waals surface area contributed by atoms with Crippen molar-refractivity contribution in [1.29, 1.82) is 0 Å². The van der Waals surface area contributed by atoms with Crippen LogP contribution in [0.5, 0.6) is 0 Å². The molecule has 0 aromatic carbocycles. The van der Waals surface area contributed by atoms with E-state index < -0.39 is 5.60 Å². The Kier molecular flexibility index (Phi) is 4.01. The fourth-order valence-electron chi connectivity index (χ4n) is 2.78. The molecule has 1 saturated heterocycles. The van der Waals surface area contributed by atoms with Crippen LogP contribution in [0.2, 0.25) is 0 Å². The molecule has 0 bridgehead atoms. The minimum Gasteiger partial charge on any atom is -0.387 e. The highest BCUT2D eigenvalue weighted by Gasteiger charge is 2.34. The van der Waals surface area contributed by atoms with Gasteiger partial charge in [-0.05, 0) is 51.9 Å². The minimum atomic E-state index is -0.758. The maximum Gasteiger partial charge on any atom is 0.271 e. The predicted octanol–water partition coefficient (Wildman–Crippen LogP) is 2.11. The summed E-state index contributed by atoms with van der Waals surface area (Å²) in [5.41, 5.74) is 0.738. The first-order chi connectivity index (χ1) is 10.3. The number of nitrogens with zero attached hydrogens (tertiary/aromatic N) is 2. The van der Waals surface area contributed by atoms with E-state index >= 15 is 0 Å². The van der Waals surface area contributed by atoms with Gasteiger partial charge < -0.3 is 10.4 Å². The van der Waals surface area contributed by atoms with Gasteiger partial charge in [0.1, 0.15) is 5.69 Å². The van der Waals surface area contributed by atoms with E-state index in [9.17, 15) is 9.90 Å². The number of aromatic nitrogens is 2. The number of nitrogens with one attached hydrogen (secondary N) is 1. The number of hydrogen-bond donors (Lipinski definition) is 2. The second-order valence-electron chi connectivity index (χ2n) is 7.52. The van der Waals surface area contributed by atoms with Crippen LogP contribution in [0.25, 0.3) is 0 Å². The molecule has 3 rings (SSSR count). The topological polar surface area (TPSA) is 67.2 Å². The molecule has 6 heteroatoms. The standard InChI is InChI=1S/C16H25N3O2S/c1-15(2,3)19-13(11-4-5-11)8-12(18-19)14(20)17-9-16(21)6-7-22-10-16/h8,11,21H,4-7,9-10H2,1-3H3,(H,17,20). The van der Waals surface area contributed by atoms with Crippen LogP contribution < -0.4 is 5.32 Å². The Labute approximate surface area is 135 Å². The lowest BCUT2D eigenvalue weighted by molar-refractivity contribution is 0.0610. The van der Waals surface area contributed by atoms with E-state index in [-0.39, 0.29) is 11.4 Å². The van der Waals surface area contributed by atoms with Crippen molar-refractivity contribution in [3.05, 3.63) is 17.5 Å². The van der Waals surface area contributed by atoms with Gasteiger partial charge in [-0.1, -0.05) is 0 Å². The molecule has 22 heavy (non-hydrogen) atoms. The number of carbonyl (C=O) groups is 1. The summed E-state index contributed by atoms with van der Waals surface area (Å²) in [4.78, 5) is 12.4. The molecular weight excluding hydrogens is 298 g/mol. The molecular formula is C16H25N3O2S. The smallest absolute Gasteiger partial charge is 0.271 e. The van der Waals surface area contributed by atoms with Crippen molar-refractivity contribution in [2.75, 3.05) is 18.1 Å². The highest BCUT2D eigenvalue weighted by molar-refractivity contribution is 7.99. The third-order valence-corrected chi connectivity index (χ3v) is 5.50. The van der Waals surface area contributed by atoms with Gasteiger partial charge in [0, 0.05) is 23.9 Å². The molecule has 2 N–H and O–H groups in total. The molecule has 1 amide bonds.